The standard InChI is InChI=1S/C18H38N4O2/c1-3-5-7-9-10-11-12-14-17(23)21-22(16-19)18(24)20-15-13-8-6-4-2/h3-16,19H2,1-2H3,(H,20,24)(H,21,23). The Labute approximate surface area is 147 Å². The maximum absolute atomic E-state index is 11.9. The highest BCUT2D eigenvalue weighted by atomic mass is 16.2. The Kier molecular flexibility index (Phi) is 15.7. The molecule has 4 N–H and O–H groups in total. The van der Waals surface area contributed by atoms with Crippen LogP contribution in [-0.4, -0.2) is 30.2 Å². The van der Waals surface area contributed by atoms with E-state index < -0.39 is 0 Å². The number of hydrogen-bond acceptors (Lipinski definition) is 3. The fourth-order valence-corrected chi connectivity index (χ4v) is 2.47. The van der Waals surface area contributed by atoms with E-state index in [0.29, 0.717) is 13.0 Å². The first kappa shape index (κ1) is 22.7. The van der Waals surface area contributed by atoms with Gasteiger partial charge in [0.25, 0.3) is 0 Å². The molecule has 0 aromatic carbocycles. The van der Waals surface area contributed by atoms with Crippen LogP contribution in [-0.2, 0) is 4.79 Å². The van der Waals surface area contributed by atoms with Gasteiger partial charge in [-0.25, -0.2) is 9.80 Å². The zero-order chi connectivity index (χ0) is 18.0. The summed E-state index contributed by atoms with van der Waals surface area (Å²) >= 11 is 0. The fraction of sp³-hybridized carbons (Fsp3) is 0.889. The van der Waals surface area contributed by atoms with Crippen molar-refractivity contribution in [2.45, 2.75) is 90.9 Å². The third kappa shape index (κ3) is 13.2. The van der Waals surface area contributed by atoms with Crippen LogP contribution in [0.1, 0.15) is 90.9 Å². The minimum absolute atomic E-state index is 0.0243. The summed E-state index contributed by atoms with van der Waals surface area (Å²) in [7, 11) is 0. The monoisotopic (exact) mass is 342 g/mol. The largest absolute Gasteiger partial charge is 0.337 e. The van der Waals surface area contributed by atoms with Crippen molar-refractivity contribution in [1.82, 2.24) is 15.8 Å². The summed E-state index contributed by atoms with van der Waals surface area (Å²) < 4.78 is 0. The van der Waals surface area contributed by atoms with Crippen LogP contribution in [0.5, 0.6) is 0 Å². The number of unbranched alkanes of at least 4 members (excludes halogenated alkanes) is 9. The van der Waals surface area contributed by atoms with E-state index in [1.54, 1.807) is 0 Å². The molecule has 0 unspecified atom stereocenters. The molecule has 0 atom stereocenters. The lowest BCUT2D eigenvalue weighted by atomic mass is 10.1. The molecule has 6 heteroatoms. The number of nitrogens with one attached hydrogen (secondary N) is 2. The van der Waals surface area contributed by atoms with Crippen molar-refractivity contribution in [3.63, 3.8) is 0 Å². The molecule has 0 aliphatic heterocycles. The van der Waals surface area contributed by atoms with Crippen molar-refractivity contribution in [3.05, 3.63) is 0 Å². The van der Waals surface area contributed by atoms with Gasteiger partial charge < -0.3 is 11.1 Å². The second-order valence-corrected chi connectivity index (χ2v) is 6.31. The Morgan fingerprint density at radius 3 is 1.96 bits per heavy atom. The maximum atomic E-state index is 11.9. The quantitative estimate of drug-likeness (QED) is 0.256. The predicted octanol–water partition coefficient (Wildman–Crippen LogP) is 3.67. The van der Waals surface area contributed by atoms with Crippen LogP contribution in [0.15, 0.2) is 0 Å². The van der Waals surface area contributed by atoms with Gasteiger partial charge in [0.05, 0.1) is 6.67 Å². The normalized spacial score (nSPS) is 10.5. The van der Waals surface area contributed by atoms with Crippen LogP contribution >= 0.6 is 0 Å². The van der Waals surface area contributed by atoms with Crippen molar-refractivity contribution in [1.29, 1.82) is 0 Å². The summed E-state index contributed by atoms with van der Waals surface area (Å²) in [5, 5.41) is 3.94. The second-order valence-electron chi connectivity index (χ2n) is 6.31. The molecular weight excluding hydrogens is 304 g/mol. The van der Waals surface area contributed by atoms with Crippen LogP contribution in [0.3, 0.4) is 0 Å². The molecule has 142 valence electrons. The van der Waals surface area contributed by atoms with Crippen LogP contribution in [0.25, 0.3) is 0 Å². The number of nitrogens with zero attached hydrogens (tertiary/aromatic N) is 1. The predicted molar refractivity (Wildman–Crippen MR) is 99.2 cm³/mol. The van der Waals surface area contributed by atoms with E-state index in [4.69, 9.17) is 5.73 Å². The van der Waals surface area contributed by atoms with Gasteiger partial charge in [-0.3, -0.25) is 10.2 Å². The van der Waals surface area contributed by atoms with Gasteiger partial charge in [-0.15, -0.1) is 0 Å². The molecule has 0 saturated carbocycles. The Morgan fingerprint density at radius 1 is 0.833 bits per heavy atom. The van der Waals surface area contributed by atoms with Crippen molar-refractivity contribution >= 4 is 11.9 Å². The molecule has 3 amide bonds. The Balaban J connectivity index is 3.76. The average Bonchev–Trinajstić information content (AvgIpc) is 2.58. The van der Waals surface area contributed by atoms with Crippen molar-refractivity contribution in [2.24, 2.45) is 5.73 Å². The number of amides is 3. The van der Waals surface area contributed by atoms with Crippen LogP contribution in [0, 0.1) is 0 Å². The van der Waals surface area contributed by atoms with E-state index in [1.807, 2.05) is 0 Å². The van der Waals surface area contributed by atoms with Crippen molar-refractivity contribution in [2.75, 3.05) is 13.2 Å². The summed E-state index contributed by atoms with van der Waals surface area (Å²) in [5.74, 6) is -0.143. The van der Waals surface area contributed by atoms with E-state index >= 15 is 0 Å². The molecule has 0 aromatic rings. The summed E-state index contributed by atoms with van der Waals surface area (Å²) in [6.07, 6.45) is 13.0. The maximum Gasteiger partial charge on any atom is 0.337 e. The molecular formula is C18H38N4O2. The second kappa shape index (κ2) is 16.6. The molecule has 0 aliphatic rings. The highest BCUT2D eigenvalue weighted by Gasteiger charge is 2.13. The van der Waals surface area contributed by atoms with Gasteiger partial charge in [0.15, 0.2) is 0 Å². The molecule has 0 spiro atoms. The topological polar surface area (TPSA) is 87.5 Å². The zero-order valence-electron chi connectivity index (χ0n) is 15.7. The first-order valence-electron chi connectivity index (χ1n) is 9.70. The molecule has 0 bridgehead atoms. The van der Waals surface area contributed by atoms with Gasteiger partial charge in [-0.2, -0.15) is 0 Å². The van der Waals surface area contributed by atoms with Crippen LogP contribution in [0.4, 0.5) is 4.79 Å². The summed E-state index contributed by atoms with van der Waals surface area (Å²) in [4.78, 5) is 23.8. The first-order chi connectivity index (χ1) is 11.7. The summed E-state index contributed by atoms with van der Waals surface area (Å²) in [6, 6.07) is -0.332. The highest BCUT2D eigenvalue weighted by molar-refractivity contribution is 5.81. The molecule has 0 fully saturated rings. The van der Waals surface area contributed by atoms with E-state index in [-0.39, 0.29) is 18.6 Å². The molecule has 0 aliphatic carbocycles. The number of nitrogens with two attached hydrogens (primary N) is 1. The Hall–Kier alpha value is -1.30. The number of rotatable bonds is 14. The Morgan fingerprint density at radius 2 is 1.38 bits per heavy atom. The smallest absolute Gasteiger partial charge is 0.337 e. The van der Waals surface area contributed by atoms with E-state index in [9.17, 15) is 9.59 Å². The van der Waals surface area contributed by atoms with E-state index in [2.05, 4.69) is 24.6 Å². The first-order valence-corrected chi connectivity index (χ1v) is 9.70. The minimum Gasteiger partial charge on any atom is -0.337 e. The van der Waals surface area contributed by atoms with Gasteiger partial charge in [0.1, 0.15) is 0 Å². The SMILES string of the molecule is CCCCCCCCCC(=O)NN(CN)C(=O)NCCCCCC. The molecule has 0 rings (SSSR count). The third-order valence-corrected chi connectivity index (χ3v) is 4.00. The van der Waals surface area contributed by atoms with Crippen LogP contribution in [0.2, 0.25) is 0 Å². The molecule has 6 nitrogen and oxygen atoms in total. The molecule has 0 heterocycles. The van der Waals surface area contributed by atoms with Gasteiger partial charge in [0, 0.05) is 13.0 Å². The van der Waals surface area contributed by atoms with Gasteiger partial charge >= 0.3 is 6.03 Å². The summed E-state index contributed by atoms with van der Waals surface area (Å²) in [6.45, 7) is 4.94. The number of hydrogen-bond donors (Lipinski definition) is 3. The van der Waals surface area contributed by atoms with E-state index in [0.717, 1.165) is 37.1 Å². The average molecular weight is 343 g/mol. The van der Waals surface area contributed by atoms with Crippen molar-refractivity contribution in [3.8, 4) is 0 Å². The lowest BCUT2D eigenvalue weighted by Crippen LogP contribution is -2.53. The highest BCUT2D eigenvalue weighted by Crippen LogP contribution is 2.08. The number of urea groups is 1. The number of carbonyl (C=O) groups excluding carboxylic acids is 2. The fourth-order valence-electron chi connectivity index (χ4n) is 2.47. The van der Waals surface area contributed by atoms with Gasteiger partial charge in [0.2, 0.25) is 5.91 Å². The number of carbonyl (C=O) groups is 2. The van der Waals surface area contributed by atoms with Gasteiger partial charge in [-0.05, 0) is 12.8 Å². The molecule has 24 heavy (non-hydrogen) atoms. The lowest BCUT2D eigenvalue weighted by molar-refractivity contribution is -0.124. The summed E-state index contributed by atoms with van der Waals surface area (Å²) in [5.41, 5.74) is 8.13. The lowest BCUT2D eigenvalue weighted by Gasteiger charge is -2.21. The van der Waals surface area contributed by atoms with Crippen molar-refractivity contribution < 1.29 is 9.59 Å². The minimum atomic E-state index is -0.332. The Bertz CT molecular complexity index is 324. The molecule has 0 saturated heterocycles. The third-order valence-electron chi connectivity index (χ3n) is 4.00. The molecule has 0 aromatic heterocycles. The van der Waals surface area contributed by atoms with Crippen LogP contribution < -0.4 is 16.5 Å². The molecule has 0 radical (unpaired) electrons. The number of hydrazine groups is 1. The van der Waals surface area contributed by atoms with Gasteiger partial charge in [-0.1, -0.05) is 71.6 Å². The zero-order valence-corrected chi connectivity index (χ0v) is 15.7. The van der Waals surface area contributed by atoms with E-state index in [1.165, 1.54) is 38.5 Å².